The first-order valence-electron chi connectivity index (χ1n) is 8.72. The molecule has 0 aliphatic rings. The zero-order chi connectivity index (χ0) is 21.8. The first kappa shape index (κ1) is 21.7. The van der Waals surface area contributed by atoms with Gasteiger partial charge in [-0.25, -0.2) is 4.79 Å². The second kappa shape index (κ2) is 8.59. The zero-order valence-corrected chi connectivity index (χ0v) is 16.6. The van der Waals surface area contributed by atoms with Gasteiger partial charge in [0.25, 0.3) is 11.6 Å². The van der Waals surface area contributed by atoms with Gasteiger partial charge in [-0.2, -0.15) is 0 Å². The van der Waals surface area contributed by atoms with Crippen molar-refractivity contribution in [2.45, 2.75) is 26.2 Å². The summed E-state index contributed by atoms with van der Waals surface area (Å²) in [7, 11) is 1.49. The van der Waals surface area contributed by atoms with Crippen molar-refractivity contribution in [3.8, 4) is 5.75 Å². The minimum atomic E-state index is -0.858. The number of nitro benzene ring substituents is 1. The summed E-state index contributed by atoms with van der Waals surface area (Å²) in [6.07, 6.45) is 0. The van der Waals surface area contributed by atoms with Gasteiger partial charge in [0, 0.05) is 12.1 Å². The number of non-ortho nitro benzene ring substituents is 1. The van der Waals surface area contributed by atoms with Gasteiger partial charge in [-0.05, 0) is 29.2 Å². The maximum atomic E-state index is 12.2. The summed E-state index contributed by atoms with van der Waals surface area (Å²) in [5.41, 5.74) is 6.56. The predicted octanol–water partition coefficient (Wildman–Crippen LogP) is 3.28. The Balaban J connectivity index is 2.07. The highest BCUT2D eigenvalue weighted by Crippen LogP contribution is 2.31. The SMILES string of the molecule is COc1ccc(C(C)(C)C)cc1NC(=O)COC(=O)c1ccc([N+](=O)[O-])cc1N. The van der Waals surface area contributed by atoms with Crippen molar-refractivity contribution in [3.05, 3.63) is 57.6 Å². The average Bonchev–Trinajstić information content (AvgIpc) is 2.65. The molecule has 29 heavy (non-hydrogen) atoms. The number of ether oxygens (including phenoxy) is 2. The Hall–Kier alpha value is -3.62. The van der Waals surface area contributed by atoms with E-state index in [9.17, 15) is 19.7 Å². The maximum absolute atomic E-state index is 12.2. The van der Waals surface area contributed by atoms with E-state index in [1.165, 1.54) is 13.2 Å². The molecule has 0 atom stereocenters. The van der Waals surface area contributed by atoms with Crippen LogP contribution in [-0.2, 0) is 14.9 Å². The molecule has 0 aliphatic heterocycles. The zero-order valence-electron chi connectivity index (χ0n) is 16.6. The van der Waals surface area contributed by atoms with Crippen molar-refractivity contribution in [2.75, 3.05) is 24.8 Å². The number of nitrogen functional groups attached to an aromatic ring is 1. The third-order valence-corrected chi connectivity index (χ3v) is 4.14. The quantitative estimate of drug-likeness (QED) is 0.328. The molecule has 0 radical (unpaired) electrons. The number of nitrogens with one attached hydrogen (secondary N) is 1. The summed E-state index contributed by atoms with van der Waals surface area (Å²) in [6, 6.07) is 8.83. The molecule has 0 heterocycles. The summed E-state index contributed by atoms with van der Waals surface area (Å²) in [5, 5.41) is 13.4. The molecule has 9 nitrogen and oxygen atoms in total. The van der Waals surface area contributed by atoms with Crippen LogP contribution in [0.4, 0.5) is 17.1 Å². The van der Waals surface area contributed by atoms with Crippen molar-refractivity contribution in [3.63, 3.8) is 0 Å². The second-order valence-electron chi connectivity index (χ2n) is 7.32. The van der Waals surface area contributed by atoms with Crippen LogP contribution in [0.3, 0.4) is 0 Å². The molecule has 9 heteroatoms. The lowest BCUT2D eigenvalue weighted by molar-refractivity contribution is -0.384. The van der Waals surface area contributed by atoms with Crippen LogP contribution in [0.5, 0.6) is 5.75 Å². The monoisotopic (exact) mass is 401 g/mol. The fourth-order valence-corrected chi connectivity index (χ4v) is 2.52. The number of anilines is 2. The molecular weight excluding hydrogens is 378 g/mol. The lowest BCUT2D eigenvalue weighted by Crippen LogP contribution is -2.22. The molecule has 0 saturated heterocycles. The maximum Gasteiger partial charge on any atom is 0.340 e. The molecule has 0 aliphatic carbocycles. The number of amides is 1. The molecule has 154 valence electrons. The fraction of sp³-hybridized carbons (Fsp3) is 0.300. The molecule has 3 N–H and O–H groups in total. The number of rotatable bonds is 6. The Bertz CT molecular complexity index is 950. The molecule has 0 spiro atoms. The highest BCUT2D eigenvalue weighted by Gasteiger charge is 2.19. The van der Waals surface area contributed by atoms with Crippen LogP contribution in [0.15, 0.2) is 36.4 Å². The fourth-order valence-electron chi connectivity index (χ4n) is 2.52. The van der Waals surface area contributed by atoms with E-state index in [4.69, 9.17) is 15.2 Å². The van der Waals surface area contributed by atoms with Crippen LogP contribution in [0.2, 0.25) is 0 Å². The van der Waals surface area contributed by atoms with Gasteiger partial charge in [0.05, 0.1) is 29.0 Å². The number of hydrogen-bond acceptors (Lipinski definition) is 7. The standard InChI is InChI=1S/C20H23N3O6/c1-20(2,3)12-5-8-17(28-4)16(9-12)22-18(24)11-29-19(25)14-7-6-13(23(26)27)10-15(14)21/h5-10H,11,21H2,1-4H3,(H,22,24). The molecule has 1 amide bonds. The van der Waals surface area contributed by atoms with Gasteiger partial charge in [0.15, 0.2) is 6.61 Å². The van der Waals surface area contributed by atoms with E-state index in [1.54, 1.807) is 12.1 Å². The van der Waals surface area contributed by atoms with Crippen LogP contribution in [0.1, 0.15) is 36.7 Å². The summed E-state index contributed by atoms with van der Waals surface area (Å²) in [4.78, 5) is 34.5. The Morgan fingerprint density at radius 2 is 1.86 bits per heavy atom. The highest BCUT2D eigenvalue weighted by atomic mass is 16.6. The number of esters is 1. The molecule has 0 bridgehead atoms. The van der Waals surface area contributed by atoms with Gasteiger partial charge < -0.3 is 20.5 Å². The van der Waals surface area contributed by atoms with Gasteiger partial charge in [-0.3, -0.25) is 14.9 Å². The van der Waals surface area contributed by atoms with Crippen LogP contribution in [0.25, 0.3) is 0 Å². The van der Waals surface area contributed by atoms with E-state index < -0.39 is 23.4 Å². The third-order valence-electron chi connectivity index (χ3n) is 4.14. The summed E-state index contributed by atoms with van der Waals surface area (Å²) in [6.45, 7) is 5.56. The molecule has 0 aromatic heterocycles. The van der Waals surface area contributed by atoms with Crippen LogP contribution in [-0.4, -0.2) is 30.5 Å². The number of nitrogens with two attached hydrogens (primary N) is 1. The average molecular weight is 401 g/mol. The Morgan fingerprint density at radius 1 is 1.17 bits per heavy atom. The van der Waals surface area contributed by atoms with Crippen LogP contribution < -0.4 is 15.8 Å². The van der Waals surface area contributed by atoms with Crippen molar-refractivity contribution >= 4 is 28.9 Å². The third kappa shape index (κ3) is 5.44. The number of carbonyl (C=O) groups is 2. The van der Waals surface area contributed by atoms with E-state index in [2.05, 4.69) is 5.32 Å². The number of hydrogen-bond donors (Lipinski definition) is 2. The van der Waals surface area contributed by atoms with Gasteiger partial charge in [-0.15, -0.1) is 0 Å². The van der Waals surface area contributed by atoms with Crippen molar-refractivity contribution < 1.29 is 24.0 Å². The normalized spacial score (nSPS) is 10.9. The van der Waals surface area contributed by atoms with Crippen LogP contribution >= 0.6 is 0 Å². The predicted molar refractivity (Wildman–Crippen MR) is 108 cm³/mol. The number of carbonyl (C=O) groups excluding carboxylic acids is 2. The van der Waals surface area contributed by atoms with E-state index in [-0.39, 0.29) is 22.4 Å². The minimum absolute atomic E-state index is 0.0595. The first-order chi connectivity index (χ1) is 13.5. The summed E-state index contributed by atoms with van der Waals surface area (Å²) in [5.74, 6) is -0.955. The Kier molecular flexibility index (Phi) is 6.42. The Labute approximate surface area is 168 Å². The first-order valence-corrected chi connectivity index (χ1v) is 8.72. The number of methoxy groups -OCH3 is 1. The van der Waals surface area contributed by atoms with Crippen molar-refractivity contribution in [1.82, 2.24) is 0 Å². The largest absolute Gasteiger partial charge is 0.495 e. The van der Waals surface area contributed by atoms with Gasteiger partial charge >= 0.3 is 5.97 Å². The molecule has 0 fully saturated rings. The summed E-state index contributed by atoms with van der Waals surface area (Å²) >= 11 is 0. The summed E-state index contributed by atoms with van der Waals surface area (Å²) < 4.78 is 10.2. The van der Waals surface area contributed by atoms with Gasteiger partial charge in [-0.1, -0.05) is 26.8 Å². The minimum Gasteiger partial charge on any atom is -0.495 e. The van der Waals surface area contributed by atoms with E-state index in [0.717, 1.165) is 17.7 Å². The molecule has 2 aromatic rings. The number of nitro groups is 1. The van der Waals surface area contributed by atoms with E-state index in [0.29, 0.717) is 11.4 Å². The lowest BCUT2D eigenvalue weighted by atomic mass is 9.87. The Morgan fingerprint density at radius 3 is 2.41 bits per heavy atom. The van der Waals surface area contributed by atoms with E-state index in [1.807, 2.05) is 26.8 Å². The number of benzene rings is 2. The van der Waals surface area contributed by atoms with Crippen molar-refractivity contribution in [1.29, 1.82) is 0 Å². The smallest absolute Gasteiger partial charge is 0.340 e. The van der Waals surface area contributed by atoms with Crippen LogP contribution in [0, 0.1) is 10.1 Å². The molecular formula is C20H23N3O6. The molecule has 2 aromatic carbocycles. The highest BCUT2D eigenvalue weighted by molar-refractivity contribution is 5.99. The topological polar surface area (TPSA) is 134 Å². The van der Waals surface area contributed by atoms with Gasteiger partial charge in [0.1, 0.15) is 5.75 Å². The second-order valence-corrected chi connectivity index (χ2v) is 7.32. The molecule has 0 unspecified atom stereocenters. The van der Waals surface area contributed by atoms with Crippen molar-refractivity contribution in [2.24, 2.45) is 0 Å². The number of nitrogens with zero attached hydrogens (tertiary/aromatic N) is 1. The molecule has 0 saturated carbocycles. The van der Waals surface area contributed by atoms with E-state index >= 15 is 0 Å². The molecule has 2 rings (SSSR count). The lowest BCUT2D eigenvalue weighted by Gasteiger charge is -2.21. The van der Waals surface area contributed by atoms with Gasteiger partial charge in [0.2, 0.25) is 0 Å².